The monoisotopic (exact) mass is 248 g/mol. The summed E-state index contributed by atoms with van der Waals surface area (Å²) in [5, 5.41) is 0. The van der Waals surface area contributed by atoms with Crippen LogP contribution in [-0.2, 0) is 18.4 Å². The van der Waals surface area contributed by atoms with Gasteiger partial charge >= 0.3 is 0 Å². The standard InChI is InChI=1S/C15H24N2O/c1-6-9-17(14(18)11-15(2,3)4)12-13-8-7-10-16(13)5/h6-8,10H,1,9,11-12H2,2-5H3. The first-order valence-corrected chi connectivity index (χ1v) is 6.32. The van der Waals surface area contributed by atoms with Crippen molar-refractivity contribution >= 4 is 5.91 Å². The molecular formula is C15H24N2O. The van der Waals surface area contributed by atoms with Gasteiger partial charge in [0.05, 0.1) is 6.54 Å². The van der Waals surface area contributed by atoms with E-state index >= 15 is 0 Å². The number of carbonyl (C=O) groups is 1. The summed E-state index contributed by atoms with van der Waals surface area (Å²) >= 11 is 0. The van der Waals surface area contributed by atoms with Gasteiger partial charge in [-0.25, -0.2) is 0 Å². The van der Waals surface area contributed by atoms with Crippen molar-refractivity contribution in [2.24, 2.45) is 12.5 Å². The number of hydrogen-bond donors (Lipinski definition) is 0. The topological polar surface area (TPSA) is 25.2 Å². The molecule has 0 aliphatic heterocycles. The Morgan fingerprint density at radius 2 is 2.17 bits per heavy atom. The summed E-state index contributed by atoms with van der Waals surface area (Å²) in [5.41, 5.74) is 1.16. The molecule has 0 bridgehead atoms. The maximum atomic E-state index is 12.3. The number of hydrogen-bond acceptors (Lipinski definition) is 1. The number of aromatic nitrogens is 1. The van der Waals surface area contributed by atoms with Gasteiger partial charge in [0, 0.05) is 31.9 Å². The predicted molar refractivity (Wildman–Crippen MR) is 75.1 cm³/mol. The fraction of sp³-hybridized carbons (Fsp3) is 0.533. The molecule has 1 heterocycles. The van der Waals surface area contributed by atoms with Crippen LogP contribution in [0.25, 0.3) is 0 Å². The molecule has 3 heteroatoms. The summed E-state index contributed by atoms with van der Waals surface area (Å²) in [7, 11) is 2.00. The molecule has 0 atom stereocenters. The first-order valence-electron chi connectivity index (χ1n) is 6.32. The van der Waals surface area contributed by atoms with Crippen LogP contribution in [0.2, 0.25) is 0 Å². The minimum atomic E-state index is 0.0186. The van der Waals surface area contributed by atoms with E-state index in [1.54, 1.807) is 6.08 Å². The van der Waals surface area contributed by atoms with Crippen LogP contribution in [0, 0.1) is 5.41 Å². The molecule has 0 aromatic carbocycles. The van der Waals surface area contributed by atoms with Crippen molar-refractivity contribution in [2.45, 2.75) is 33.7 Å². The molecule has 0 saturated carbocycles. The second-order valence-electron chi connectivity index (χ2n) is 5.91. The number of rotatable bonds is 5. The van der Waals surface area contributed by atoms with E-state index in [4.69, 9.17) is 0 Å². The van der Waals surface area contributed by atoms with Crippen molar-refractivity contribution in [2.75, 3.05) is 6.54 Å². The zero-order chi connectivity index (χ0) is 13.8. The zero-order valence-corrected chi connectivity index (χ0v) is 11.9. The summed E-state index contributed by atoms with van der Waals surface area (Å²) < 4.78 is 2.04. The summed E-state index contributed by atoms with van der Waals surface area (Å²) in [4.78, 5) is 14.1. The Hall–Kier alpha value is -1.51. The highest BCUT2D eigenvalue weighted by atomic mass is 16.2. The third kappa shape index (κ3) is 4.40. The van der Waals surface area contributed by atoms with E-state index in [2.05, 4.69) is 27.4 Å². The highest BCUT2D eigenvalue weighted by Crippen LogP contribution is 2.20. The first kappa shape index (κ1) is 14.6. The molecule has 1 aromatic heterocycles. The summed E-state index contributed by atoms with van der Waals surface area (Å²) in [6.45, 7) is 11.2. The quantitative estimate of drug-likeness (QED) is 0.735. The molecule has 1 aromatic rings. The lowest BCUT2D eigenvalue weighted by Gasteiger charge is -2.26. The third-order valence-electron chi connectivity index (χ3n) is 2.79. The van der Waals surface area contributed by atoms with Crippen molar-refractivity contribution in [1.29, 1.82) is 0 Å². The molecule has 0 unspecified atom stereocenters. The average Bonchev–Trinajstić information content (AvgIpc) is 2.61. The summed E-state index contributed by atoms with van der Waals surface area (Å²) in [6.07, 6.45) is 4.34. The molecule has 0 aliphatic rings. The van der Waals surface area contributed by atoms with Crippen LogP contribution in [0.15, 0.2) is 31.0 Å². The Morgan fingerprint density at radius 3 is 2.61 bits per heavy atom. The number of carbonyl (C=O) groups excluding carboxylic acids is 1. The molecule has 0 saturated heterocycles. The second-order valence-corrected chi connectivity index (χ2v) is 5.91. The van der Waals surface area contributed by atoms with Crippen LogP contribution in [0.5, 0.6) is 0 Å². The number of nitrogens with zero attached hydrogens (tertiary/aromatic N) is 2. The van der Waals surface area contributed by atoms with Gasteiger partial charge in [-0.3, -0.25) is 4.79 Å². The van der Waals surface area contributed by atoms with Crippen LogP contribution < -0.4 is 0 Å². The second kappa shape index (κ2) is 5.89. The maximum Gasteiger partial charge on any atom is 0.223 e. The molecule has 3 nitrogen and oxygen atoms in total. The smallest absolute Gasteiger partial charge is 0.223 e. The van der Waals surface area contributed by atoms with E-state index in [0.717, 1.165) is 5.69 Å². The van der Waals surface area contributed by atoms with Gasteiger partial charge < -0.3 is 9.47 Å². The Labute approximate surface area is 110 Å². The molecule has 0 radical (unpaired) electrons. The van der Waals surface area contributed by atoms with Crippen molar-refractivity contribution in [3.8, 4) is 0 Å². The Bertz CT molecular complexity index is 412. The van der Waals surface area contributed by atoms with Gasteiger partial charge in [-0.1, -0.05) is 26.8 Å². The fourth-order valence-electron chi connectivity index (χ4n) is 1.83. The lowest BCUT2D eigenvalue weighted by molar-refractivity contribution is -0.133. The minimum absolute atomic E-state index is 0.0186. The van der Waals surface area contributed by atoms with E-state index in [0.29, 0.717) is 19.5 Å². The van der Waals surface area contributed by atoms with Gasteiger partial charge in [0.2, 0.25) is 5.91 Å². The maximum absolute atomic E-state index is 12.3. The van der Waals surface area contributed by atoms with Crippen molar-refractivity contribution < 1.29 is 4.79 Å². The van der Waals surface area contributed by atoms with Gasteiger partial charge in [-0.15, -0.1) is 6.58 Å². The van der Waals surface area contributed by atoms with Crippen molar-refractivity contribution in [1.82, 2.24) is 9.47 Å². The summed E-state index contributed by atoms with van der Waals surface area (Å²) in [6, 6.07) is 4.04. The van der Waals surface area contributed by atoms with Crippen LogP contribution in [0.3, 0.4) is 0 Å². The van der Waals surface area contributed by atoms with Gasteiger partial charge in [-0.05, 0) is 17.5 Å². The van der Waals surface area contributed by atoms with E-state index in [9.17, 15) is 4.79 Å². The van der Waals surface area contributed by atoms with E-state index < -0.39 is 0 Å². The molecule has 0 fully saturated rings. The normalized spacial score (nSPS) is 11.3. The molecule has 0 aliphatic carbocycles. The van der Waals surface area contributed by atoms with Crippen LogP contribution in [-0.4, -0.2) is 21.9 Å². The van der Waals surface area contributed by atoms with Crippen LogP contribution >= 0.6 is 0 Å². The summed E-state index contributed by atoms with van der Waals surface area (Å²) in [5.74, 6) is 0.184. The SMILES string of the molecule is C=CCN(Cc1cccn1C)C(=O)CC(C)(C)C. The van der Waals surface area contributed by atoms with Crippen LogP contribution in [0.1, 0.15) is 32.9 Å². The lowest BCUT2D eigenvalue weighted by Crippen LogP contribution is -2.33. The Morgan fingerprint density at radius 1 is 1.50 bits per heavy atom. The Kier molecular flexibility index (Phi) is 4.76. The lowest BCUT2D eigenvalue weighted by atomic mass is 9.91. The van der Waals surface area contributed by atoms with Gasteiger partial charge in [0.15, 0.2) is 0 Å². The zero-order valence-electron chi connectivity index (χ0n) is 11.9. The molecular weight excluding hydrogens is 224 g/mol. The minimum Gasteiger partial charge on any atom is -0.353 e. The first-order chi connectivity index (χ1) is 8.33. The molecule has 100 valence electrons. The van der Waals surface area contributed by atoms with Gasteiger partial charge in [0.25, 0.3) is 0 Å². The highest BCUT2D eigenvalue weighted by molar-refractivity contribution is 5.77. The molecule has 0 spiro atoms. The fourth-order valence-corrected chi connectivity index (χ4v) is 1.83. The van der Waals surface area contributed by atoms with Crippen molar-refractivity contribution in [3.63, 3.8) is 0 Å². The van der Waals surface area contributed by atoms with Crippen LogP contribution in [0.4, 0.5) is 0 Å². The number of amides is 1. The van der Waals surface area contributed by atoms with Crippen molar-refractivity contribution in [3.05, 3.63) is 36.7 Å². The molecule has 1 rings (SSSR count). The average molecular weight is 248 g/mol. The number of aryl methyl sites for hydroxylation is 1. The molecule has 1 amide bonds. The van der Waals surface area contributed by atoms with Gasteiger partial charge in [-0.2, -0.15) is 0 Å². The molecule has 0 N–H and O–H groups in total. The van der Waals surface area contributed by atoms with E-state index in [-0.39, 0.29) is 11.3 Å². The Balaban J connectivity index is 2.74. The van der Waals surface area contributed by atoms with E-state index in [1.807, 2.05) is 34.8 Å². The third-order valence-corrected chi connectivity index (χ3v) is 2.79. The predicted octanol–water partition coefficient (Wildman–Crippen LogP) is 2.98. The van der Waals surface area contributed by atoms with Gasteiger partial charge in [0.1, 0.15) is 0 Å². The molecule has 18 heavy (non-hydrogen) atoms. The van der Waals surface area contributed by atoms with E-state index in [1.165, 1.54) is 0 Å². The highest BCUT2D eigenvalue weighted by Gasteiger charge is 2.21. The largest absolute Gasteiger partial charge is 0.353 e.